The van der Waals surface area contributed by atoms with Crippen LogP contribution in [0.1, 0.15) is 58.5 Å². The monoisotopic (exact) mass is 457 g/mol. The Morgan fingerprint density at radius 2 is 1.90 bits per heavy atom. The van der Waals surface area contributed by atoms with Gasteiger partial charge in [-0.05, 0) is 26.7 Å². The predicted octanol–water partition coefficient (Wildman–Crippen LogP) is 0.614. The van der Waals surface area contributed by atoms with Gasteiger partial charge in [-0.25, -0.2) is 15.0 Å². The highest BCUT2D eigenvalue weighted by molar-refractivity contribution is 7.54. The second-order valence-corrected chi connectivity index (χ2v) is 10.9. The zero-order valence-corrected chi connectivity index (χ0v) is 18.6. The molecule has 0 aliphatic carbocycles. The van der Waals surface area contributed by atoms with Crippen molar-refractivity contribution in [1.82, 2.24) is 19.5 Å². The summed E-state index contributed by atoms with van der Waals surface area (Å²) in [6.07, 6.45) is -2.81. The van der Waals surface area contributed by atoms with Crippen molar-refractivity contribution in [1.29, 1.82) is 0 Å². The summed E-state index contributed by atoms with van der Waals surface area (Å²) < 4.78 is 26.3. The van der Waals surface area contributed by atoms with Gasteiger partial charge in [0.15, 0.2) is 28.6 Å². The van der Waals surface area contributed by atoms with Gasteiger partial charge in [0.2, 0.25) is 0 Å². The van der Waals surface area contributed by atoms with Gasteiger partial charge in [0.1, 0.15) is 30.5 Å². The summed E-state index contributed by atoms with van der Waals surface area (Å²) in [4.78, 5) is 23.3. The lowest BCUT2D eigenvalue weighted by Crippen LogP contribution is -2.49. The van der Waals surface area contributed by atoms with Crippen molar-refractivity contribution in [2.45, 2.75) is 81.9 Å². The quantitative estimate of drug-likeness (QED) is 0.383. The number of nitrogens with two attached hydrogens (primary N) is 1. The van der Waals surface area contributed by atoms with E-state index < -0.39 is 49.0 Å². The first-order chi connectivity index (χ1) is 14.4. The molecule has 6 atom stereocenters. The number of anilines is 1. The molecular weight excluding hydrogens is 429 g/mol. The molecule has 172 valence electrons. The van der Waals surface area contributed by atoms with Crippen LogP contribution in [-0.2, 0) is 13.8 Å². The van der Waals surface area contributed by atoms with Crippen molar-refractivity contribution < 1.29 is 34.0 Å². The van der Waals surface area contributed by atoms with Gasteiger partial charge < -0.3 is 30.7 Å². The molecular formula is C18H28N5O7P. The molecule has 2 aromatic rings. The van der Waals surface area contributed by atoms with Crippen LogP contribution in [0.3, 0.4) is 0 Å². The van der Waals surface area contributed by atoms with E-state index in [0.717, 1.165) is 0 Å². The summed E-state index contributed by atoms with van der Waals surface area (Å²) in [5, 5.41) is 29.7. The van der Waals surface area contributed by atoms with Crippen molar-refractivity contribution >= 4 is 24.6 Å². The van der Waals surface area contributed by atoms with E-state index in [1.807, 2.05) is 0 Å². The average molecular weight is 457 g/mol. The highest BCUT2D eigenvalue weighted by Gasteiger charge is 2.61. The van der Waals surface area contributed by atoms with Crippen LogP contribution >= 0.6 is 7.60 Å². The summed E-state index contributed by atoms with van der Waals surface area (Å²) in [6, 6.07) is 0. The maximum Gasteiger partial charge on any atom is 0.359 e. The van der Waals surface area contributed by atoms with Gasteiger partial charge >= 0.3 is 7.60 Å². The zero-order valence-electron chi connectivity index (χ0n) is 17.7. The fourth-order valence-corrected chi connectivity index (χ4v) is 5.59. The Balaban J connectivity index is 1.96. The summed E-state index contributed by atoms with van der Waals surface area (Å²) >= 11 is 0. The average Bonchev–Trinajstić information content (AvgIpc) is 3.20. The van der Waals surface area contributed by atoms with Crippen LogP contribution in [0, 0.1) is 0 Å². The van der Waals surface area contributed by atoms with Crippen molar-refractivity contribution in [2.24, 2.45) is 0 Å². The van der Waals surface area contributed by atoms with Crippen LogP contribution in [0.4, 0.5) is 5.82 Å². The van der Waals surface area contributed by atoms with E-state index in [1.165, 1.54) is 24.7 Å². The molecule has 31 heavy (non-hydrogen) atoms. The van der Waals surface area contributed by atoms with Crippen molar-refractivity contribution in [3.05, 3.63) is 12.2 Å². The highest BCUT2D eigenvalue weighted by atomic mass is 31.2. The number of rotatable bonds is 6. The van der Waals surface area contributed by atoms with Crippen LogP contribution < -0.4 is 5.73 Å². The largest absolute Gasteiger partial charge is 0.387 e. The van der Waals surface area contributed by atoms with Gasteiger partial charge in [-0.2, -0.15) is 0 Å². The lowest BCUT2D eigenvalue weighted by Gasteiger charge is -2.45. The Kier molecular flexibility index (Phi) is 5.21. The molecule has 1 saturated heterocycles. The molecule has 0 saturated carbocycles. The van der Waals surface area contributed by atoms with Crippen molar-refractivity contribution in [2.75, 3.05) is 5.73 Å². The molecule has 1 fully saturated rings. The van der Waals surface area contributed by atoms with Gasteiger partial charge in [-0.3, -0.25) is 13.7 Å². The molecule has 0 radical (unpaired) electrons. The van der Waals surface area contributed by atoms with Crippen molar-refractivity contribution in [3.63, 3.8) is 0 Å². The van der Waals surface area contributed by atoms with Gasteiger partial charge in [-0.15, -0.1) is 0 Å². The Hall–Kier alpha value is -1.66. The Morgan fingerprint density at radius 1 is 1.26 bits per heavy atom. The van der Waals surface area contributed by atoms with E-state index in [9.17, 15) is 24.8 Å². The molecule has 0 amide bonds. The SMILES string of the molecule is CCC(CC)(OP(=O)(O)C(C)(C)O)C1c2nc3c(N)ncnc3n2C2OC1[C@@H](O)[C@H]2O. The van der Waals surface area contributed by atoms with E-state index in [0.29, 0.717) is 11.5 Å². The number of hydrogen-bond donors (Lipinski definition) is 5. The number of hydrogen-bond acceptors (Lipinski definition) is 10. The smallest absolute Gasteiger partial charge is 0.359 e. The lowest BCUT2D eigenvalue weighted by molar-refractivity contribution is -0.115. The van der Waals surface area contributed by atoms with E-state index in [-0.39, 0.29) is 24.2 Å². The molecule has 13 heteroatoms. The standard InChI is InChI=1S/C18H28N5O7P/c1-5-18(6-2,30-31(27,28)17(3,4)26)8-12-10(24)11(25)16(29-12)23-14(8)22-9-13(19)20-7-21-15(9)23/h7-8,10-12,16,24-26H,5-6H2,1-4H3,(H,27,28)(H2,19,20,21)/t8?,10-,11+,12?,16?/m0/s1. The molecule has 4 rings (SSSR count). The van der Waals surface area contributed by atoms with Gasteiger partial charge in [-0.1, -0.05) is 13.8 Å². The van der Waals surface area contributed by atoms with E-state index in [4.69, 9.17) is 15.0 Å². The van der Waals surface area contributed by atoms with Crippen LogP contribution in [0.25, 0.3) is 11.2 Å². The maximum atomic E-state index is 13.0. The number of aliphatic hydroxyl groups excluding tert-OH is 2. The summed E-state index contributed by atoms with van der Waals surface area (Å²) in [5.74, 6) is -0.402. The predicted molar refractivity (Wildman–Crippen MR) is 109 cm³/mol. The second-order valence-electron chi connectivity index (χ2n) is 8.60. The van der Waals surface area contributed by atoms with Gasteiger partial charge in [0, 0.05) is 0 Å². The highest BCUT2D eigenvalue weighted by Crippen LogP contribution is 2.61. The molecule has 0 spiro atoms. The van der Waals surface area contributed by atoms with Gasteiger partial charge in [0.25, 0.3) is 0 Å². The zero-order chi connectivity index (χ0) is 22.9. The van der Waals surface area contributed by atoms with E-state index in [2.05, 4.69) is 15.0 Å². The first-order valence-electron chi connectivity index (χ1n) is 10.1. The van der Waals surface area contributed by atoms with Crippen molar-refractivity contribution in [3.8, 4) is 0 Å². The molecule has 12 nitrogen and oxygen atoms in total. The topological polar surface area (TPSA) is 186 Å². The van der Waals surface area contributed by atoms with Crippen LogP contribution in [0.5, 0.6) is 0 Å². The molecule has 2 aliphatic rings. The van der Waals surface area contributed by atoms with E-state index in [1.54, 1.807) is 13.8 Å². The number of aromatic nitrogens is 4. The molecule has 4 unspecified atom stereocenters. The molecule has 0 aromatic carbocycles. The van der Waals surface area contributed by atoms with Crippen LogP contribution in [-0.4, -0.2) is 69.0 Å². The Morgan fingerprint density at radius 3 is 2.48 bits per heavy atom. The Bertz CT molecular complexity index is 1050. The fraction of sp³-hybridized carbons (Fsp3) is 0.722. The summed E-state index contributed by atoms with van der Waals surface area (Å²) in [7, 11) is -4.55. The van der Waals surface area contributed by atoms with Gasteiger partial charge in [0.05, 0.1) is 11.5 Å². The number of ether oxygens (including phenoxy) is 1. The molecule has 2 aliphatic heterocycles. The third-order valence-corrected chi connectivity index (χ3v) is 8.42. The second kappa shape index (κ2) is 7.17. The van der Waals surface area contributed by atoms with E-state index >= 15 is 0 Å². The molecule has 2 aromatic heterocycles. The minimum atomic E-state index is -4.55. The molecule has 6 N–H and O–H groups in total. The first-order valence-corrected chi connectivity index (χ1v) is 11.7. The minimum Gasteiger partial charge on any atom is -0.387 e. The molecule has 4 heterocycles. The number of nitrogens with zero attached hydrogens (tertiary/aromatic N) is 4. The number of fused-ring (bicyclic) bond motifs is 6. The normalized spacial score (nSPS) is 30.4. The number of nitrogen functional groups attached to an aromatic ring is 1. The lowest BCUT2D eigenvalue weighted by atomic mass is 9.77. The third-order valence-electron chi connectivity index (χ3n) is 6.43. The fourth-order valence-electron chi connectivity index (χ4n) is 4.50. The number of imidazole rings is 1. The summed E-state index contributed by atoms with van der Waals surface area (Å²) in [5.41, 5.74) is 5.20. The first kappa shape index (κ1) is 22.5. The van der Waals surface area contributed by atoms with Crippen LogP contribution in [0.2, 0.25) is 0 Å². The minimum absolute atomic E-state index is 0.125. The molecule has 2 bridgehead atoms. The Labute approximate surface area is 178 Å². The van der Waals surface area contributed by atoms with Crippen LogP contribution in [0.15, 0.2) is 6.33 Å². The third kappa shape index (κ3) is 3.12. The maximum absolute atomic E-state index is 13.0. The summed E-state index contributed by atoms with van der Waals surface area (Å²) in [6.45, 7) is 5.91. The number of aliphatic hydroxyl groups is 3.